The van der Waals surface area contributed by atoms with Gasteiger partial charge >= 0.3 is 0 Å². The van der Waals surface area contributed by atoms with Gasteiger partial charge in [-0.15, -0.1) is 0 Å². The van der Waals surface area contributed by atoms with Crippen molar-refractivity contribution in [3.63, 3.8) is 0 Å². The minimum atomic E-state index is -0.461. The molecule has 7 heteroatoms. The molecule has 0 aliphatic carbocycles. The number of carbonyl (C=O) groups is 2. The molecule has 28 heavy (non-hydrogen) atoms. The molecule has 1 atom stereocenters. The average molecular weight is 385 g/mol. The van der Waals surface area contributed by atoms with Gasteiger partial charge in [-0.25, -0.2) is 8.78 Å². The van der Waals surface area contributed by atoms with E-state index in [-0.39, 0.29) is 36.3 Å². The van der Waals surface area contributed by atoms with Crippen molar-refractivity contribution in [2.24, 2.45) is 5.92 Å². The summed E-state index contributed by atoms with van der Waals surface area (Å²) >= 11 is 0. The maximum atomic E-state index is 14.0. The van der Waals surface area contributed by atoms with E-state index < -0.39 is 11.7 Å². The topological polar surface area (TPSA) is 43.9 Å². The van der Waals surface area contributed by atoms with Gasteiger partial charge in [-0.2, -0.15) is 0 Å². The summed E-state index contributed by atoms with van der Waals surface area (Å²) in [5, 5.41) is 0. The molecule has 2 heterocycles. The van der Waals surface area contributed by atoms with Gasteiger partial charge in [0.05, 0.1) is 11.6 Å². The molecule has 0 bridgehead atoms. The highest BCUT2D eigenvalue weighted by Crippen LogP contribution is 2.28. The number of hydrogen-bond acceptors (Lipinski definition) is 3. The highest BCUT2D eigenvalue weighted by Gasteiger charge is 2.38. The predicted molar refractivity (Wildman–Crippen MR) is 102 cm³/mol. The number of para-hydroxylation sites is 1. The molecule has 4 rings (SSSR count). The lowest BCUT2D eigenvalue weighted by molar-refractivity contribution is -0.136. The predicted octanol–water partition coefficient (Wildman–Crippen LogP) is 2.67. The van der Waals surface area contributed by atoms with Crippen molar-refractivity contribution in [1.82, 2.24) is 4.90 Å². The Balaban J connectivity index is 1.37. The Morgan fingerprint density at radius 3 is 2.29 bits per heavy atom. The van der Waals surface area contributed by atoms with Crippen molar-refractivity contribution in [2.75, 3.05) is 42.5 Å². The van der Waals surface area contributed by atoms with Crippen molar-refractivity contribution < 1.29 is 18.4 Å². The number of benzene rings is 2. The first-order chi connectivity index (χ1) is 13.5. The Morgan fingerprint density at radius 1 is 0.929 bits per heavy atom. The summed E-state index contributed by atoms with van der Waals surface area (Å²) in [5.74, 6) is -1.48. The second-order valence-corrected chi connectivity index (χ2v) is 7.15. The first kappa shape index (κ1) is 18.4. The average Bonchev–Trinajstić information content (AvgIpc) is 3.10. The molecule has 2 amide bonds. The van der Waals surface area contributed by atoms with Gasteiger partial charge < -0.3 is 14.7 Å². The van der Waals surface area contributed by atoms with Crippen LogP contribution in [0.1, 0.15) is 6.42 Å². The normalized spacial score (nSPS) is 20.0. The molecular formula is C21H21F2N3O2. The number of anilines is 2. The van der Waals surface area contributed by atoms with Gasteiger partial charge in [0.2, 0.25) is 11.8 Å². The Kier molecular flexibility index (Phi) is 4.98. The number of rotatable bonds is 3. The number of hydrogen-bond donors (Lipinski definition) is 0. The first-order valence-corrected chi connectivity index (χ1v) is 9.37. The van der Waals surface area contributed by atoms with E-state index in [1.807, 2.05) is 0 Å². The van der Waals surface area contributed by atoms with Crippen LogP contribution in [0.3, 0.4) is 0 Å². The molecule has 0 unspecified atom stereocenters. The Morgan fingerprint density at radius 2 is 1.61 bits per heavy atom. The van der Waals surface area contributed by atoms with E-state index in [1.165, 1.54) is 23.1 Å². The molecule has 0 saturated carbocycles. The molecule has 5 nitrogen and oxygen atoms in total. The summed E-state index contributed by atoms with van der Waals surface area (Å²) in [7, 11) is 0. The molecule has 2 saturated heterocycles. The van der Waals surface area contributed by atoms with E-state index in [4.69, 9.17) is 0 Å². The van der Waals surface area contributed by atoms with Crippen LogP contribution in [0.2, 0.25) is 0 Å². The van der Waals surface area contributed by atoms with Crippen LogP contribution in [0, 0.1) is 17.6 Å². The van der Waals surface area contributed by atoms with Crippen LogP contribution < -0.4 is 9.80 Å². The van der Waals surface area contributed by atoms with Crippen molar-refractivity contribution >= 4 is 23.2 Å². The molecule has 0 radical (unpaired) electrons. The van der Waals surface area contributed by atoms with E-state index in [9.17, 15) is 18.4 Å². The van der Waals surface area contributed by atoms with E-state index in [2.05, 4.69) is 4.90 Å². The van der Waals surface area contributed by atoms with Crippen molar-refractivity contribution in [1.29, 1.82) is 0 Å². The van der Waals surface area contributed by atoms with Crippen molar-refractivity contribution in [3.8, 4) is 0 Å². The van der Waals surface area contributed by atoms with E-state index >= 15 is 0 Å². The highest BCUT2D eigenvalue weighted by atomic mass is 19.1. The number of halogens is 2. The Hall–Kier alpha value is -2.96. The maximum Gasteiger partial charge on any atom is 0.228 e. The Bertz CT molecular complexity index is 879. The molecular weight excluding hydrogens is 364 g/mol. The van der Waals surface area contributed by atoms with Crippen LogP contribution in [-0.2, 0) is 9.59 Å². The number of piperazine rings is 1. The third-order valence-electron chi connectivity index (χ3n) is 5.40. The zero-order valence-corrected chi connectivity index (χ0v) is 15.4. The Labute approximate surface area is 162 Å². The van der Waals surface area contributed by atoms with Crippen molar-refractivity contribution in [2.45, 2.75) is 6.42 Å². The number of carbonyl (C=O) groups excluding carboxylic acids is 2. The largest absolute Gasteiger partial charge is 0.368 e. The van der Waals surface area contributed by atoms with Crippen LogP contribution >= 0.6 is 0 Å². The van der Waals surface area contributed by atoms with Gasteiger partial charge in [-0.3, -0.25) is 9.59 Å². The summed E-state index contributed by atoms with van der Waals surface area (Å²) < 4.78 is 27.1. The fourth-order valence-electron chi connectivity index (χ4n) is 3.87. The van der Waals surface area contributed by atoms with Crippen LogP contribution in [0.4, 0.5) is 20.2 Å². The van der Waals surface area contributed by atoms with Gasteiger partial charge in [0.15, 0.2) is 0 Å². The second-order valence-electron chi connectivity index (χ2n) is 7.15. The molecule has 2 aliphatic rings. The monoisotopic (exact) mass is 385 g/mol. The molecule has 2 aliphatic heterocycles. The summed E-state index contributed by atoms with van der Waals surface area (Å²) in [6, 6.07) is 12.4. The minimum Gasteiger partial charge on any atom is -0.368 e. The van der Waals surface area contributed by atoms with Crippen molar-refractivity contribution in [3.05, 3.63) is 60.2 Å². The zero-order chi connectivity index (χ0) is 19.7. The molecule has 0 spiro atoms. The highest BCUT2D eigenvalue weighted by molar-refractivity contribution is 6.00. The van der Waals surface area contributed by atoms with Crippen LogP contribution in [0.15, 0.2) is 48.5 Å². The summed E-state index contributed by atoms with van der Waals surface area (Å²) in [5.41, 5.74) is 1.15. The standard InChI is InChI=1S/C21H21F2N3O2/c22-16-5-7-17(8-6-16)24-9-11-25(12-10-24)21(28)15-13-20(27)26(14-15)19-4-2-1-3-18(19)23/h1-8,15H,9-14H2/t15-/m0/s1. The van der Waals surface area contributed by atoms with Crippen LogP contribution in [0.25, 0.3) is 0 Å². The molecule has 0 aromatic heterocycles. The van der Waals surface area contributed by atoms with Crippen LogP contribution in [-0.4, -0.2) is 49.4 Å². The second kappa shape index (κ2) is 7.58. The van der Waals surface area contributed by atoms with Gasteiger partial charge in [-0.1, -0.05) is 12.1 Å². The van der Waals surface area contributed by atoms with E-state index in [1.54, 1.807) is 35.2 Å². The summed E-state index contributed by atoms with van der Waals surface area (Å²) in [4.78, 5) is 30.5. The zero-order valence-electron chi connectivity index (χ0n) is 15.4. The number of amides is 2. The fourth-order valence-corrected chi connectivity index (χ4v) is 3.87. The molecule has 2 fully saturated rings. The van der Waals surface area contributed by atoms with E-state index in [0.29, 0.717) is 26.2 Å². The molecule has 0 N–H and O–H groups in total. The minimum absolute atomic E-state index is 0.0639. The maximum absolute atomic E-state index is 14.0. The summed E-state index contributed by atoms with van der Waals surface area (Å²) in [6.07, 6.45) is 0.103. The first-order valence-electron chi connectivity index (χ1n) is 9.37. The lowest BCUT2D eigenvalue weighted by Crippen LogP contribution is -2.50. The SMILES string of the molecule is O=C([C@H]1CC(=O)N(c2ccccc2F)C1)N1CCN(c2ccc(F)cc2)CC1. The van der Waals surface area contributed by atoms with Gasteiger partial charge in [-0.05, 0) is 36.4 Å². The van der Waals surface area contributed by atoms with Gasteiger partial charge in [0.25, 0.3) is 0 Å². The quantitative estimate of drug-likeness (QED) is 0.816. The molecule has 2 aromatic rings. The number of nitrogens with zero attached hydrogens (tertiary/aromatic N) is 3. The summed E-state index contributed by atoms with van der Waals surface area (Å²) in [6.45, 7) is 2.59. The van der Waals surface area contributed by atoms with Gasteiger partial charge in [0.1, 0.15) is 11.6 Å². The fraction of sp³-hybridized carbons (Fsp3) is 0.333. The molecule has 2 aromatic carbocycles. The lowest BCUT2D eigenvalue weighted by Gasteiger charge is -2.37. The molecule has 146 valence electrons. The van der Waals surface area contributed by atoms with Crippen LogP contribution in [0.5, 0.6) is 0 Å². The van der Waals surface area contributed by atoms with E-state index in [0.717, 1.165) is 5.69 Å². The lowest BCUT2D eigenvalue weighted by atomic mass is 10.1. The smallest absolute Gasteiger partial charge is 0.228 e. The third-order valence-corrected chi connectivity index (χ3v) is 5.40. The van der Waals surface area contributed by atoms with Gasteiger partial charge in [0, 0.05) is 44.8 Å². The third kappa shape index (κ3) is 3.56.